The molecule has 92 valence electrons. The van der Waals surface area contributed by atoms with Gasteiger partial charge in [0.25, 0.3) is 0 Å². The van der Waals surface area contributed by atoms with Gasteiger partial charge >= 0.3 is 0 Å². The predicted molar refractivity (Wildman–Crippen MR) is 72.3 cm³/mol. The Morgan fingerprint density at radius 1 is 1.29 bits per heavy atom. The highest BCUT2D eigenvalue weighted by molar-refractivity contribution is 9.10. The Morgan fingerprint density at radius 2 is 2.18 bits per heavy atom. The van der Waals surface area contributed by atoms with Crippen LogP contribution in [0.15, 0.2) is 28.7 Å². The minimum atomic E-state index is 0.213. The molecule has 0 spiro atoms. The molecule has 0 saturated carbocycles. The van der Waals surface area contributed by atoms with E-state index in [1.54, 1.807) is 0 Å². The number of hydrogen-bond donors (Lipinski definition) is 1. The number of benzene rings is 1. The molecule has 2 saturated heterocycles. The molecular weight excluding hydrogens is 278 g/mol. The van der Waals surface area contributed by atoms with Crippen molar-refractivity contribution in [2.24, 2.45) is 0 Å². The summed E-state index contributed by atoms with van der Waals surface area (Å²) in [6.07, 6.45) is 3.93. The summed E-state index contributed by atoms with van der Waals surface area (Å²) in [6.45, 7) is 2.88. The molecule has 0 amide bonds. The molecule has 0 aliphatic carbocycles. The lowest BCUT2D eigenvalue weighted by Gasteiger charge is -2.49. The van der Waals surface area contributed by atoms with Crippen LogP contribution in [0.25, 0.3) is 0 Å². The second kappa shape index (κ2) is 4.71. The Hall–Kier alpha value is -0.380. The lowest BCUT2D eigenvalue weighted by atomic mass is 9.70. The number of nitrogens with one attached hydrogen (secondary N) is 1. The molecule has 3 rings (SSSR count). The van der Waals surface area contributed by atoms with Crippen LogP contribution in [0.3, 0.4) is 0 Å². The van der Waals surface area contributed by atoms with Gasteiger partial charge in [0.2, 0.25) is 0 Å². The highest BCUT2D eigenvalue weighted by atomic mass is 79.9. The zero-order valence-electron chi connectivity index (χ0n) is 9.92. The van der Waals surface area contributed by atoms with Crippen LogP contribution < -0.4 is 5.32 Å². The SMILES string of the molecule is Brc1cccc(C2(C3CCCCN3)COC2)c1. The minimum absolute atomic E-state index is 0.213. The third-order valence-corrected chi connectivity index (χ3v) is 4.59. The van der Waals surface area contributed by atoms with E-state index < -0.39 is 0 Å². The molecular formula is C14H18BrNO. The van der Waals surface area contributed by atoms with Crippen LogP contribution >= 0.6 is 15.9 Å². The topological polar surface area (TPSA) is 21.3 Å². The molecule has 0 aromatic heterocycles. The molecule has 2 fully saturated rings. The first-order valence-electron chi connectivity index (χ1n) is 6.38. The van der Waals surface area contributed by atoms with Crippen molar-refractivity contribution in [3.05, 3.63) is 34.3 Å². The van der Waals surface area contributed by atoms with Crippen LogP contribution in [0.1, 0.15) is 24.8 Å². The normalized spacial score (nSPS) is 27.5. The van der Waals surface area contributed by atoms with Gasteiger partial charge in [-0.25, -0.2) is 0 Å². The smallest absolute Gasteiger partial charge is 0.0600 e. The van der Waals surface area contributed by atoms with Crippen molar-refractivity contribution in [3.8, 4) is 0 Å². The third-order valence-electron chi connectivity index (χ3n) is 4.10. The van der Waals surface area contributed by atoms with Crippen molar-refractivity contribution in [1.82, 2.24) is 5.32 Å². The largest absolute Gasteiger partial charge is 0.379 e. The Bertz CT molecular complexity index is 397. The fourth-order valence-corrected chi connectivity index (χ4v) is 3.41. The molecule has 1 N–H and O–H groups in total. The van der Waals surface area contributed by atoms with Crippen molar-refractivity contribution in [3.63, 3.8) is 0 Å². The fourth-order valence-electron chi connectivity index (χ4n) is 3.01. The van der Waals surface area contributed by atoms with Crippen LogP contribution in [0, 0.1) is 0 Å². The van der Waals surface area contributed by atoms with E-state index in [9.17, 15) is 0 Å². The molecule has 0 bridgehead atoms. The van der Waals surface area contributed by atoms with Crippen molar-refractivity contribution in [2.75, 3.05) is 19.8 Å². The fraction of sp³-hybridized carbons (Fsp3) is 0.571. The summed E-state index contributed by atoms with van der Waals surface area (Å²) in [7, 11) is 0. The highest BCUT2D eigenvalue weighted by Gasteiger charge is 2.47. The van der Waals surface area contributed by atoms with Crippen LogP contribution in [-0.4, -0.2) is 25.8 Å². The van der Waals surface area contributed by atoms with E-state index in [-0.39, 0.29) is 5.41 Å². The van der Waals surface area contributed by atoms with Crippen molar-refractivity contribution < 1.29 is 4.74 Å². The molecule has 0 radical (unpaired) electrons. The molecule has 2 aliphatic rings. The summed E-state index contributed by atoms with van der Waals surface area (Å²) < 4.78 is 6.69. The van der Waals surface area contributed by atoms with Crippen molar-refractivity contribution in [2.45, 2.75) is 30.7 Å². The van der Waals surface area contributed by atoms with Crippen LogP contribution in [0.4, 0.5) is 0 Å². The second-order valence-electron chi connectivity index (χ2n) is 5.16. The molecule has 2 aliphatic heterocycles. The van der Waals surface area contributed by atoms with Crippen LogP contribution in [0.5, 0.6) is 0 Å². The highest BCUT2D eigenvalue weighted by Crippen LogP contribution is 2.39. The molecule has 3 heteroatoms. The van der Waals surface area contributed by atoms with E-state index in [4.69, 9.17) is 4.74 Å². The Labute approximate surface area is 111 Å². The molecule has 2 nitrogen and oxygen atoms in total. The van der Waals surface area contributed by atoms with E-state index in [1.165, 1.54) is 24.8 Å². The van der Waals surface area contributed by atoms with E-state index in [1.807, 2.05) is 0 Å². The van der Waals surface area contributed by atoms with Crippen LogP contribution in [-0.2, 0) is 10.2 Å². The number of halogens is 1. The van der Waals surface area contributed by atoms with E-state index in [0.717, 1.165) is 24.2 Å². The minimum Gasteiger partial charge on any atom is -0.379 e. The van der Waals surface area contributed by atoms with E-state index >= 15 is 0 Å². The molecule has 17 heavy (non-hydrogen) atoms. The van der Waals surface area contributed by atoms with Gasteiger partial charge in [0, 0.05) is 10.5 Å². The molecule has 1 aromatic rings. The molecule has 1 atom stereocenters. The van der Waals surface area contributed by atoms with Gasteiger partial charge in [0.15, 0.2) is 0 Å². The summed E-state index contributed by atoms with van der Waals surface area (Å²) >= 11 is 3.57. The van der Waals surface area contributed by atoms with Gasteiger partial charge in [-0.2, -0.15) is 0 Å². The van der Waals surface area contributed by atoms with E-state index in [0.29, 0.717) is 6.04 Å². The summed E-state index contributed by atoms with van der Waals surface area (Å²) in [4.78, 5) is 0. The first-order chi connectivity index (χ1) is 8.31. The zero-order valence-corrected chi connectivity index (χ0v) is 11.5. The summed E-state index contributed by atoms with van der Waals surface area (Å²) in [6, 6.07) is 9.29. The number of piperidine rings is 1. The third kappa shape index (κ3) is 2.05. The van der Waals surface area contributed by atoms with E-state index in [2.05, 4.69) is 45.5 Å². The number of hydrogen-bond acceptors (Lipinski definition) is 2. The molecule has 1 unspecified atom stereocenters. The molecule has 2 heterocycles. The Kier molecular flexibility index (Phi) is 3.24. The maximum Gasteiger partial charge on any atom is 0.0600 e. The lowest BCUT2D eigenvalue weighted by molar-refractivity contribution is -0.0827. The van der Waals surface area contributed by atoms with Crippen molar-refractivity contribution in [1.29, 1.82) is 0 Å². The van der Waals surface area contributed by atoms with Gasteiger partial charge in [0.1, 0.15) is 0 Å². The first-order valence-corrected chi connectivity index (χ1v) is 7.18. The van der Waals surface area contributed by atoms with Crippen molar-refractivity contribution >= 4 is 15.9 Å². The first kappa shape index (κ1) is 11.7. The van der Waals surface area contributed by atoms with Gasteiger partial charge in [0.05, 0.1) is 18.6 Å². The zero-order chi connectivity index (χ0) is 11.7. The van der Waals surface area contributed by atoms with Gasteiger partial charge in [-0.05, 0) is 37.1 Å². The van der Waals surface area contributed by atoms with Gasteiger partial charge in [-0.1, -0.05) is 34.5 Å². The average molecular weight is 296 g/mol. The Morgan fingerprint density at radius 3 is 2.76 bits per heavy atom. The standard InChI is InChI=1S/C14H18BrNO/c15-12-5-3-4-11(8-12)14(9-17-10-14)13-6-1-2-7-16-13/h3-5,8,13,16H,1-2,6-7,9-10H2. The summed E-state index contributed by atoms with van der Waals surface area (Å²) in [5.74, 6) is 0. The number of ether oxygens (including phenoxy) is 1. The monoisotopic (exact) mass is 295 g/mol. The quantitative estimate of drug-likeness (QED) is 0.906. The Balaban J connectivity index is 1.90. The van der Waals surface area contributed by atoms with Gasteiger partial charge in [-0.15, -0.1) is 0 Å². The lowest BCUT2D eigenvalue weighted by Crippen LogP contribution is -2.61. The van der Waals surface area contributed by atoms with Gasteiger partial charge in [-0.3, -0.25) is 0 Å². The number of rotatable bonds is 2. The summed E-state index contributed by atoms with van der Waals surface area (Å²) in [5, 5.41) is 3.68. The second-order valence-corrected chi connectivity index (χ2v) is 6.08. The maximum absolute atomic E-state index is 5.53. The maximum atomic E-state index is 5.53. The summed E-state index contributed by atoms with van der Waals surface area (Å²) in [5.41, 5.74) is 1.63. The van der Waals surface area contributed by atoms with Crippen LogP contribution in [0.2, 0.25) is 0 Å². The molecule has 1 aromatic carbocycles. The predicted octanol–water partition coefficient (Wildman–Crippen LogP) is 2.86. The average Bonchev–Trinajstić information content (AvgIpc) is 2.29. The van der Waals surface area contributed by atoms with Gasteiger partial charge < -0.3 is 10.1 Å².